The van der Waals surface area contributed by atoms with Crippen LogP contribution in [0.5, 0.6) is 0 Å². The highest BCUT2D eigenvalue weighted by Crippen LogP contribution is 2.37. The Morgan fingerprint density at radius 1 is 1.05 bits per heavy atom. The van der Waals surface area contributed by atoms with Gasteiger partial charge in [-0.05, 0) is 48.7 Å². The summed E-state index contributed by atoms with van der Waals surface area (Å²) < 4.78 is 6.40. The molecule has 0 radical (unpaired) electrons. The van der Waals surface area contributed by atoms with E-state index in [2.05, 4.69) is 33.0 Å². The number of hydrogen-bond acceptors (Lipinski definition) is 3. The maximum absolute atomic E-state index is 11.9. The van der Waals surface area contributed by atoms with Crippen molar-refractivity contribution >= 4 is 38.3 Å². The third kappa shape index (κ3) is 2.24. The molecule has 22 heavy (non-hydrogen) atoms. The SMILES string of the molecule is O=c1cc(N2CCCc3cc(Br)ccc32)c2ccccc2o1. The molecule has 1 aromatic heterocycles. The third-order valence-corrected chi connectivity index (χ3v) is 4.57. The van der Waals surface area contributed by atoms with Crippen molar-refractivity contribution in [2.24, 2.45) is 0 Å². The zero-order chi connectivity index (χ0) is 15.1. The average Bonchev–Trinajstić information content (AvgIpc) is 2.53. The zero-order valence-electron chi connectivity index (χ0n) is 11.9. The molecule has 0 atom stereocenters. The Hall–Kier alpha value is -2.07. The number of halogens is 1. The normalized spacial score (nSPS) is 14.1. The minimum absolute atomic E-state index is 0.307. The molecule has 4 rings (SSSR count). The standard InChI is InChI=1S/C18H14BrNO2/c19-13-7-8-15-12(10-13)4-3-9-20(15)16-11-18(21)22-17-6-2-1-5-14(16)17/h1-2,5-8,10-11H,3-4,9H2. The van der Waals surface area contributed by atoms with E-state index in [-0.39, 0.29) is 5.63 Å². The fourth-order valence-electron chi connectivity index (χ4n) is 3.13. The van der Waals surface area contributed by atoms with E-state index >= 15 is 0 Å². The third-order valence-electron chi connectivity index (χ3n) is 4.08. The molecule has 3 nitrogen and oxygen atoms in total. The van der Waals surface area contributed by atoms with E-state index in [0.717, 1.165) is 34.9 Å². The molecule has 110 valence electrons. The Kier molecular flexibility index (Phi) is 3.26. The summed E-state index contributed by atoms with van der Waals surface area (Å²) in [5, 5.41) is 0.970. The predicted octanol–water partition coefficient (Wildman–Crippen LogP) is 4.64. The minimum Gasteiger partial charge on any atom is -0.423 e. The van der Waals surface area contributed by atoms with E-state index in [0.29, 0.717) is 5.58 Å². The van der Waals surface area contributed by atoms with Crippen LogP contribution in [0.25, 0.3) is 11.0 Å². The molecular weight excluding hydrogens is 342 g/mol. The van der Waals surface area contributed by atoms with Crippen molar-refractivity contribution in [3.8, 4) is 0 Å². The maximum atomic E-state index is 11.9. The average molecular weight is 356 g/mol. The van der Waals surface area contributed by atoms with Crippen molar-refractivity contribution in [2.75, 3.05) is 11.4 Å². The van der Waals surface area contributed by atoms with Gasteiger partial charge in [-0.25, -0.2) is 4.79 Å². The summed E-state index contributed by atoms with van der Waals surface area (Å²) in [6, 6.07) is 15.6. The fourth-order valence-corrected chi connectivity index (χ4v) is 3.54. The number of nitrogens with zero attached hydrogens (tertiary/aromatic N) is 1. The highest BCUT2D eigenvalue weighted by Gasteiger charge is 2.21. The molecule has 0 aliphatic carbocycles. The van der Waals surface area contributed by atoms with E-state index in [1.165, 1.54) is 11.3 Å². The van der Waals surface area contributed by atoms with Crippen molar-refractivity contribution in [1.82, 2.24) is 0 Å². The molecule has 0 bridgehead atoms. The molecule has 3 aromatic rings. The highest BCUT2D eigenvalue weighted by molar-refractivity contribution is 9.10. The molecular formula is C18H14BrNO2. The van der Waals surface area contributed by atoms with Gasteiger partial charge >= 0.3 is 5.63 Å². The second kappa shape index (κ2) is 5.29. The van der Waals surface area contributed by atoms with Crippen LogP contribution in [-0.4, -0.2) is 6.54 Å². The first-order valence-electron chi connectivity index (χ1n) is 7.31. The summed E-state index contributed by atoms with van der Waals surface area (Å²) in [4.78, 5) is 14.1. The van der Waals surface area contributed by atoms with Crippen LogP contribution in [0.2, 0.25) is 0 Å². The zero-order valence-corrected chi connectivity index (χ0v) is 13.5. The molecule has 1 aliphatic heterocycles. The molecule has 1 aliphatic rings. The lowest BCUT2D eigenvalue weighted by molar-refractivity contribution is 0.560. The molecule has 0 N–H and O–H groups in total. The Bertz CT molecular complexity index is 916. The van der Waals surface area contributed by atoms with Gasteiger partial charge in [0.2, 0.25) is 0 Å². The van der Waals surface area contributed by atoms with E-state index in [1.54, 1.807) is 6.07 Å². The molecule has 0 amide bonds. The quantitative estimate of drug-likeness (QED) is 0.596. The lowest BCUT2D eigenvalue weighted by Gasteiger charge is -2.32. The van der Waals surface area contributed by atoms with E-state index < -0.39 is 0 Å². The van der Waals surface area contributed by atoms with Crippen molar-refractivity contribution in [3.05, 3.63) is 69.0 Å². The Balaban J connectivity index is 1.96. The molecule has 0 saturated carbocycles. The summed E-state index contributed by atoms with van der Waals surface area (Å²) in [5.41, 5.74) is 3.73. The fraction of sp³-hybridized carbons (Fsp3) is 0.167. The predicted molar refractivity (Wildman–Crippen MR) is 92.0 cm³/mol. The lowest BCUT2D eigenvalue weighted by Crippen LogP contribution is -2.25. The van der Waals surface area contributed by atoms with Gasteiger partial charge in [-0.2, -0.15) is 0 Å². The Labute approximate surface area is 136 Å². The number of para-hydroxylation sites is 1. The van der Waals surface area contributed by atoms with Gasteiger partial charge in [0.25, 0.3) is 0 Å². The van der Waals surface area contributed by atoms with Crippen LogP contribution in [0.3, 0.4) is 0 Å². The number of rotatable bonds is 1. The van der Waals surface area contributed by atoms with Crippen LogP contribution < -0.4 is 10.5 Å². The molecule has 0 spiro atoms. The summed E-state index contributed by atoms with van der Waals surface area (Å²) in [6.45, 7) is 0.905. The number of benzene rings is 2. The van der Waals surface area contributed by atoms with Crippen LogP contribution in [0.15, 0.2) is 62.2 Å². The number of anilines is 2. The van der Waals surface area contributed by atoms with Gasteiger partial charge in [0, 0.05) is 28.2 Å². The molecule has 0 unspecified atom stereocenters. The maximum Gasteiger partial charge on any atom is 0.338 e. The van der Waals surface area contributed by atoms with Crippen LogP contribution in [0, 0.1) is 0 Å². The first-order chi connectivity index (χ1) is 10.7. The van der Waals surface area contributed by atoms with Crippen molar-refractivity contribution in [3.63, 3.8) is 0 Å². The molecule has 4 heteroatoms. The van der Waals surface area contributed by atoms with Gasteiger partial charge in [0.05, 0.1) is 5.69 Å². The van der Waals surface area contributed by atoms with Crippen molar-refractivity contribution in [2.45, 2.75) is 12.8 Å². The minimum atomic E-state index is -0.307. The molecule has 0 saturated heterocycles. The number of aryl methyl sites for hydroxylation is 1. The topological polar surface area (TPSA) is 33.5 Å². The van der Waals surface area contributed by atoms with Crippen molar-refractivity contribution < 1.29 is 4.42 Å². The second-order valence-electron chi connectivity index (χ2n) is 5.48. The summed E-state index contributed by atoms with van der Waals surface area (Å²) >= 11 is 3.53. The summed E-state index contributed by atoms with van der Waals surface area (Å²) in [7, 11) is 0. The first kappa shape index (κ1) is 13.6. The van der Waals surface area contributed by atoms with Crippen LogP contribution in [-0.2, 0) is 6.42 Å². The van der Waals surface area contributed by atoms with Crippen molar-refractivity contribution in [1.29, 1.82) is 0 Å². The van der Waals surface area contributed by atoms with E-state index in [1.807, 2.05) is 30.3 Å². The number of hydrogen-bond donors (Lipinski definition) is 0. The van der Waals surface area contributed by atoms with Gasteiger partial charge in [0.1, 0.15) is 5.58 Å². The first-order valence-corrected chi connectivity index (χ1v) is 8.10. The summed E-state index contributed by atoms with van der Waals surface area (Å²) in [5.74, 6) is 0. The molecule has 0 fully saturated rings. The van der Waals surface area contributed by atoms with E-state index in [9.17, 15) is 4.79 Å². The largest absolute Gasteiger partial charge is 0.423 e. The van der Waals surface area contributed by atoms with Crippen LogP contribution in [0.4, 0.5) is 11.4 Å². The van der Waals surface area contributed by atoms with Gasteiger partial charge < -0.3 is 9.32 Å². The van der Waals surface area contributed by atoms with Gasteiger partial charge in [-0.1, -0.05) is 28.1 Å². The molecule has 2 aromatic carbocycles. The number of fused-ring (bicyclic) bond motifs is 2. The Morgan fingerprint density at radius 2 is 1.91 bits per heavy atom. The van der Waals surface area contributed by atoms with Crippen LogP contribution in [0.1, 0.15) is 12.0 Å². The smallest absolute Gasteiger partial charge is 0.338 e. The lowest BCUT2D eigenvalue weighted by atomic mass is 10.0. The van der Waals surface area contributed by atoms with Gasteiger partial charge in [0.15, 0.2) is 0 Å². The molecule has 2 heterocycles. The van der Waals surface area contributed by atoms with Gasteiger partial charge in [-0.15, -0.1) is 0 Å². The highest BCUT2D eigenvalue weighted by atomic mass is 79.9. The summed E-state index contributed by atoms with van der Waals surface area (Å²) in [6.07, 6.45) is 2.13. The monoisotopic (exact) mass is 355 g/mol. The Morgan fingerprint density at radius 3 is 2.82 bits per heavy atom. The van der Waals surface area contributed by atoms with E-state index in [4.69, 9.17) is 4.42 Å². The van der Waals surface area contributed by atoms with Gasteiger partial charge in [-0.3, -0.25) is 0 Å². The second-order valence-corrected chi connectivity index (χ2v) is 6.39. The van der Waals surface area contributed by atoms with Crippen LogP contribution >= 0.6 is 15.9 Å².